The maximum absolute atomic E-state index is 11.8. The zero-order valence-corrected chi connectivity index (χ0v) is 11.7. The number of benzene rings is 1. The Kier molecular flexibility index (Phi) is 5.81. The van der Waals surface area contributed by atoms with Gasteiger partial charge >= 0.3 is 6.18 Å². The van der Waals surface area contributed by atoms with Gasteiger partial charge in [0.05, 0.1) is 12.2 Å². The molecule has 0 aliphatic carbocycles. The first-order valence-electron chi connectivity index (χ1n) is 5.37. The molecule has 0 fully saturated rings. The molecule has 0 atom stereocenters. The lowest BCUT2D eigenvalue weighted by molar-refractivity contribution is -0.175. The fourth-order valence-electron chi connectivity index (χ4n) is 1.30. The van der Waals surface area contributed by atoms with Crippen LogP contribution in [0.3, 0.4) is 0 Å². The molecule has 0 radical (unpaired) electrons. The molecule has 19 heavy (non-hydrogen) atoms. The maximum atomic E-state index is 11.8. The Hall–Kier alpha value is -1.08. The summed E-state index contributed by atoms with van der Waals surface area (Å²) in [6, 6.07) is 4.85. The topological polar surface area (TPSA) is 35.5 Å². The molecule has 0 amide bonds. The summed E-state index contributed by atoms with van der Waals surface area (Å²) in [4.78, 5) is 11.3. The summed E-state index contributed by atoms with van der Waals surface area (Å²) in [5, 5.41) is 0. The number of carbonyl (C=O) groups excluding carboxylic acids is 1. The Labute approximate surface area is 116 Å². The molecule has 0 aromatic heterocycles. The summed E-state index contributed by atoms with van der Waals surface area (Å²) in [7, 11) is 0. The van der Waals surface area contributed by atoms with E-state index in [1.165, 1.54) is 6.92 Å². The zero-order valence-electron chi connectivity index (χ0n) is 10.1. The molecule has 1 aromatic rings. The molecule has 1 rings (SSSR count). The number of Topliss-reactive ketones (excluding diaryl/α,β-unsaturated/α-hetero) is 1. The van der Waals surface area contributed by atoms with Crippen LogP contribution in [-0.4, -0.2) is 31.8 Å². The van der Waals surface area contributed by atoms with Crippen LogP contribution in [0, 0.1) is 0 Å². The number of alkyl halides is 3. The van der Waals surface area contributed by atoms with Crippen LogP contribution in [0.1, 0.15) is 17.3 Å². The van der Waals surface area contributed by atoms with E-state index in [1.54, 1.807) is 18.2 Å². The van der Waals surface area contributed by atoms with Gasteiger partial charge in [-0.3, -0.25) is 4.79 Å². The number of hydrogen-bond acceptors (Lipinski definition) is 3. The number of ether oxygens (including phenoxy) is 2. The van der Waals surface area contributed by atoms with Crippen LogP contribution < -0.4 is 4.74 Å². The Morgan fingerprint density at radius 1 is 1.32 bits per heavy atom. The van der Waals surface area contributed by atoms with Crippen molar-refractivity contribution >= 4 is 21.7 Å². The second-order valence-electron chi connectivity index (χ2n) is 3.71. The normalized spacial score (nSPS) is 11.4. The van der Waals surface area contributed by atoms with E-state index >= 15 is 0 Å². The van der Waals surface area contributed by atoms with Gasteiger partial charge in [0.2, 0.25) is 0 Å². The Bertz CT molecular complexity index is 446. The van der Waals surface area contributed by atoms with E-state index in [4.69, 9.17) is 4.74 Å². The average Bonchev–Trinajstić information content (AvgIpc) is 2.26. The lowest BCUT2D eigenvalue weighted by atomic mass is 10.1. The van der Waals surface area contributed by atoms with Crippen LogP contribution in [0.5, 0.6) is 5.75 Å². The van der Waals surface area contributed by atoms with Crippen LogP contribution >= 0.6 is 15.9 Å². The summed E-state index contributed by atoms with van der Waals surface area (Å²) in [5.41, 5.74) is 0.374. The lowest BCUT2D eigenvalue weighted by Crippen LogP contribution is -2.19. The highest BCUT2D eigenvalue weighted by molar-refractivity contribution is 9.10. The van der Waals surface area contributed by atoms with Crippen LogP contribution in [0.2, 0.25) is 0 Å². The van der Waals surface area contributed by atoms with Gasteiger partial charge in [-0.1, -0.05) is 15.9 Å². The fraction of sp³-hybridized carbons (Fsp3) is 0.417. The first-order valence-corrected chi connectivity index (χ1v) is 6.16. The van der Waals surface area contributed by atoms with E-state index in [0.717, 1.165) is 0 Å². The standard InChI is InChI=1S/C12H12BrF3O3/c1-8(17)10-3-2-9(13)6-11(10)19-5-4-18-7-12(14,15)16/h2-3,6H,4-5,7H2,1H3. The fourth-order valence-corrected chi connectivity index (χ4v) is 1.64. The summed E-state index contributed by atoms with van der Waals surface area (Å²) < 4.78 is 45.8. The number of rotatable bonds is 6. The molecule has 0 aliphatic rings. The average molecular weight is 341 g/mol. The molecule has 0 aliphatic heterocycles. The molecular weight excluding hydrogens is 329 g/mol. The van der Waals surface area contributed by atoms with E-state index in [9.17, 15) is 18.0 Å². The van der Waals surface area contributed by atoms with Crippen LogP contribution in [0.4, 0.5) is 13.2 Å². The first-order chi connectivity index (χ1) is 8.79. The highest BCUT2D eigenvalue weighted by atomic mass is 79.9. The molecule has 106 valence electrons. The molecular formula is C12H12BrF3O3. The number of hydrogen-bond donors (Lipinski definition) is 0. The second-order valence-corrected chi connectivity index (χ2v) is 4.63. The SMILES string of the molecule is CC(=O)c1ccc(Br)cc1OCCOCC(F)(F)F. The van der Waals surface area contributed by atoms with Gasteiger partial charge in [0.25, 0.3) is 0 Å². The summed E-state index contributed by atoms with van der Waals surface area (Å²) in [6.45, 7) is -0.194. The van der Waals surface area contributed by atoms with Crippen molar-refractivity contribution in [3.8, 4) is 5.75 Å². The van der Waals surface area contributed by atoms with Gasteiger partial charge < -0.3 is 9.47 Å². The zero-order chi connectivity index (χ0) is 14.5. The third-order valence-electron chi connectivity index (χ3n) is 2.07. The van der Waals surface area contributed by atoms with Gasteiger partial charge in [0.15, 0.2) is 5.78 Å². The lowest BCUT2D eigenvalue weighted by Gasteiger charge is -2.11. The quantitative estimate of drug-likeness (QED) is 0.586. The highest BCUT2D eigenvalue weighted by Gasteiger charge is 2.27. The smallest absolute Gasteiger partial charge is 0.411 e. The van der Waals surface area contributed by atoms with Crippen molar-refractivity contribution in [1.82, 2.24) is 0 Å². The molecule has 7 heteroatoms. The third kappa shape index (κ3) is 6.07. The van der Waals surface area contributed by atoms with Crippen molar-refractivity contribution in [2.75, 3.05) is 19.8 Å². The Balaban J connectivity index is 2.49. The van der Waals surface area contributed by atoms with Crippen molar-refractivity contribution in [3.05, 3.63) is 28.2 Å². The molecule has 3 nitrogen and oxygen atoms in total. The van der Waals surface area contributed by atoms with E-state index in [0.29, 0.717) is 15.8 Å². The maximum Gasteiger partial charge on any atom is 0.411 e. The Morgan fingerprint density at radius 3 is 2.58 bits per heavy atom. The van der Waals surface area contributed by atoms with E-state index in [-0.39, 0.29) is 19.0 Å². The number of ketones is 1. The van der Waals surface area contributed by atoms with Crippen molar-refractivity contribution in [3.63, 3.8) is 0 Å². The minimum absolute atomic E-state index is 0.0627. The van der Waals surface area contributed by atoms with Gasteiger partial charge in [-0.2, -0.15) is 13.2 Å². The van der Waals surface area contributed by atoms with E-state index < -0.39 is 12.8 Å². The van der Waals surface area contributed by atoms with Crippen LogP contribution in [0.25, 0.3) is 0 Å². The predicted octanol–water partition coefficient (Wildman–Crippen LogP) is 3.61. The Morgan fingerprint density at radius 2 is 2.00 bits per heavy atom. The van der Waals surface area contributed by atoms with Gasteiger partial charge in [0.1, 0.15) is 19.0 Å². The van der Waals surface area contributed by atoms with Crippen molar-refractivity contribution in [1.29, 1.82) is 0 Å². The molecule has 0 saturated heterocycles. The summed E-state index contributed by atoms with van der Waals surface area (Å²) in [6.07, 6.45) is -4.35. The van der Waals surface area contributed by atoms with Crippen molar-refractivity contribution in [2.45, 2.75) is 13.1 Å². The third-order valence-corrected chi connectivity index (χ3v) is 2.57. The molecule has 1 aromatic carbocycles. The van der Waals surface area contributed by atoms with E-state index in [2.05, 4.69) is 20.7 Å². The minimum atomic E-state index is -4.35. The van der Waals surface area contributed by atoms with Crippen LogP contribution in [-0.2, 0) is 4.74 Å². The molecule has 0 heterocycles. The van der Waals surface area contributed by atoms with Gasteiger partial charge in [-0.05, 0) is 25.1 Å². The molecule has 0 unspecified atom stereocenters. The minimum Gasteiger partial charge on any atom is -0.490 e. The molecule has 0 saturated carbocycles. The van der Waals surface area contributed by atoms with Gasteiger partial charge in [0, 0.05) is 4.47 Å². The molecule has 0 N–H and O–H groups in total. The molecule has 0 bridgehead atoms. The second kappa shape index (κ2) is 6.91. The molecule has 0 spiro atoms. The van der Waals surface area contributed by atoms with Crippen molar-refractivity contribution < 1.29 is 27.4 Å². The monoisotopic (exact) mass is 340 g/mol. The van der Waals surface area contributed by atoms with Gasteiger partial charge in [-0.15, -0.1) is 0 Å². The largest absolute Gasteiger partial charge is 0.490 e. The first kappa shape index (κ1) is 16.0. The predicted molar refractivity (Wildman–Crippen MR) is 66.5 cm³/mol. The number of carbonyl (C=O) groups is 1. The highest BCUT2D eigenvalue weighted by Crippen LogP contribution is 2.24. The number of halogens is 4. The summed E-state index contributed by atoms with van der Waals surface area (Å²) >= 11 is 3.22. The van der Waals surface area contributed by atoms with Crippen LogP contribution in [0.15, 0.2) is 22.7 Å². The van der Waals surface area contributed by atoms with E-state index in [1.807, 2.05) is 0 Å². The summed E-state index contributed by atoms with van der Waals surface area (Å²) in [5.74, 6) is 0.135. The van der Waals surface area contributed by atoms with Gasteiger partial charge in [-0.25, -0.2) is 0 Å². The van der Waals surface area contributed by atoms with Crippen molar-refractivity contribution in [2.24, 2.45) is 0 Å².